The maximum absolute atomic E-state index is 12.0. The fourth-order valence-corrected chi connectivity index (χ4v) is 1.58. The molecule has 1 amide bonds. The molecule has 2 aromatic rings. The van der Waals surface area contributed by atoms with Crippen LogP contribution in [0.3, 0.4) is 0 Å². The van der Waals surface area contributed by atoms with Crippen LogP contribution in [0.4, 0.5) is 0 Å². The van der Waals surface area contributed by atoms with Gasteiger partial charge in [0.05, 0.1) is 11.3 Å². The van der Waals surface area contributed by atoms with E-state index in [1.54, 1.807) is 6.08 Å². The van der Waals surface area contributed by atoms with Crippen LogP contribution < -0.4 is 5.32 Å². The van der Waals surface area contributed by atoms with Gasteiger partial charge in [-0.25, -0.2) is 9.97 Å². The molecule has 1 aromatic heterocycles. The Morgan fingerprint density at radius 1 is 1.33 bits per heavy atom. The molecule has 0 radical (unpaired) electrons. The Labute approximate surface area is 105 Å². The first-order valence-electron chi connectivity index (χ1n) is 5.57. The van der Waals surface area contributed by atoms with E-state index >= 15 is 0 Å². The third-order valence-corrected chi connectivity index (χ3v) is 2.41. The lowest BCUT2D eigenvalue weighted by Crippen LogP contribution is -2.24. The van der Waals surface area contributed by atoms with Crippen molar-refractivity contribution in [1.29, 1.82) is 0 Å². The number of carbonyl (C=O) groups is 1. The zero-order valence-corrected chi connectivity index (χ0v) is 9.84. The Bertz CT molecular complexity index is 552. The van der Waals surface area contributed by atoms with Gasteiger partial charge in [0.2, 0.25) is 0 Å². The minimum absolute atomic E-state index is 0.200. The van der Waals surface area contributed by atoms with E-state index in [-0.39, 0.29) is 5.91 Å². The largest absolute Gasteiger partial charge is 0.348 e. The summed E-state index contributed by atoms with van der Waals surface area (Å²) in [5.74, 6) is -0.200. The van der Waals surface area contributed by atoms with E-state index in [4.69, 9.17) is 0 Å². The molecule has 1 heterocycles. The van der Waals surface area contributed by atoms with Crippen molar-refractivity contribution in [3.05, 3.63) is 61.1 Å². The number of benzene rings is 1. The summed E-state index contributed by atoms with van der Waals surface area (Å²) in [4.78, 5) is 20.0. The predicted molar refractivity (Wildman–Crippen MR) is 70.0 cm³/mol. The summed E-state index contributed by atoms with van der Waals surface area (Å²) >= 11 is 0. The average molecular weight is 239 g/mol. The maximum Gasteiger partial charge on any atom is 0.255 e. The Morgan fingerprint density at radius 3 is 2.83 bits per heavy atom. The van der Waals surface area contributed by atoms with Crippen LogP contribution in [0.15, 0.2) is 55.5 Å². The summed E-state index contributed by atoms with van der Waals surface area (Å²) in [6, 6.07) is 9.55. The van der Waals surface area contributed by atoms with Gasteiger partial charge < -0.3 is 5.32 Å². The molecule has 0 fully saturated rings. The Morgan fingerprint density at radius 2 is 2.11 bits per heavy atom. The van der Waals surface area contributed by atoms with E-state index in [0.717, 1.165) is 5.56 Å². The van der Waals surface area contributed by atoms with Crippen LogP contribution in [0, 0.1) is 0 Å². The highest BCUT2D eigenvalue weighted by Crippen LogP contribution is 2.19. The third-order valence-electron chi connectivity index (χ3n) is 2.41. The van der Waals surface area contributed by atoms with Gasteiger partial charge in [0.1, 0.15) is 6.33 Å². The molecule has 18 heavy (non-hydrogen) atoms. The van der Waals surface area contributed by atoms with E-state index in [0.29, 0.717) is 17.8 Å². The van der Waals surface area contributed by atoms with Gasteiger partial charge in [-0.15, -0.1) is 6.58 Å². The van der Waals surface area contributed by atoms with Gasteiger partial charge in [0.15, 0.2) is 0 Å². The molecule has 1 N–H and O–H groups in total. The number of aromatic nitrogens is 2. The van der Waals surface area contributed by atoms with E-state index in [2.05, 4.69) is 21.9 Å². The number of nitrogens with zero attached hydrogens (tertiary/aromatic N) is 2. The zero-order chi connectivity index (χ0) is 12.8. The topological polar surface area (TPSA) is 54.9 Å². The van der Waals surface area contributed by atoms with Crippen molar-refractivity contribution in [3.8, 4) is 11.3 Å². The van der Waals surface area contributed by atoms with E-state index < -0.39 is 0 Å². The summed E-state index contributed by atoms with van der Waals surface area (Å²) in [6.07, 6.45) is 4.59. The summed E-state index contributed by atoms with van der Waals surface area (Å²) in [5.41, 5.74) is 1.99. The fourth-order valence-electron chi connectivity index (χ4n) is 1.58. The normalized spacial score (nSPS) is 9.78. The van der Waals surface area contributed by atoms with Crippen molar-refractivity contribution in [2.24, 2.45) is 0 Å². The van der Waals surface area contributed by atoms with Crippen molar-refractivity contribution in [3.63, 3.8) is 0 Å². The molecular weight excluding hydrogens is 226 g/mol. The average Bonchev–Trinajstić information content (AvgIpc) is 2.45. The van der Waals surface area contributed by atoms with Crippen molar-refractivity contribution in [2.45, 2.75) is 0 Å². The SMILES string of the molecule is C=CCNC(=O)c1cncnc1-c1ccccc1. The summed E-state index contributed by atoms with van der Waals surface area (Å²) in [6.45, 7) is 3.98. The monoisotopic (exact) mass is 239 g/mol. The lowest BCUT2D eigenvalue weighted by atomic mass is 10.1. The first-order valence-corrected chi connectivity index (χ1v) is 5.57. The molecule has 0 atom stereocenters. The smallest absolute Gasteiger partial charge is 0.255 e. The molecule has 0 bridgehead atoms. The highest BCUT2D eigenvalue weighted by atomic mass is 16.1. The second-order valence-electron chi connectivity index (χ2n) is 3.65. The minimum atomic E-state index is -0.200. The van der Waals surface area contributed by atoms with Crippen LogP contribution in [-0.4, -0.2) is 22.4 Å². The zero-order valence-electron chi connectivity index (χ0n) is 9.84. The number of rotatable bonds is 4. The van der Waals surface area contributed by atoms with Gasteiger partial charge in [-0.1, -0.05) is 36.4 Å². The Kier molecular flexibility index (Phi) is 3.81. The lowest BCUT2D eigenvalue weighted by Gasteiger charge is -2.07. The van der Waals surface area contributed by atoms with Gasteiger partial charge >= 0.3 is 0 Å². The molecule has 4 nitrogen and oxygen atoms in total. The first kappa shape index (κ1) is 12.0. The van der Waals surface area contributed by atoms with Crippen LogP contribution in [-0.2, 0) is 0 Å². The fraction of sp³-hybridized carbons (Fsp3) is 0.0714. The molecule has 0 saturated heterocycles. The molecule has 0 aliphatic carbocycles. The number of hydrogen-bond donors (Lipinski definition) is 1. The molecule has 0 spiro atoms. The van der Waals surface area contributed by atoms with Crippen LogP contribution in [0.1, 0.15) is 10.4 Å². The van der Waals surface area contributed by atoms with Crippen molar-refractivity contribution in [2.75, 3.05) is 6.54 Å². The van der Waals surface area contributed by atoms with Gasteiger partial charge in [0, 0.05) is 18.3 Å². The molecule has 0 aliphatic rings. The third kappa shape index (κ3) is 2.60. The van der Waals surface area contributed by atoms with E-state index in [1.165, 1.54) is 12.5 Å². The summed E-state index contributed by atoms with van der Waals surface area (Å²) in [7, 11) is 0. The second-order valence-corrected chi connectivity index (χ2v) is 3.65. The highest BCUT2D eigenvalue weighted by molar-refractivity contribution is 5.99. The summed E-state index contributed by atoms with van der Waals surface area (Å²) < 4.78 is 0. The molecular formula is C14H13N3O. The van der Waals surface area contributed by atoms with Crippen molar-refractivity contribution in [1.82, 2.24) is 15.3 Å². The number of carbonyl (C=O) groups excluding carboxylic acids is 1. The molecule has 4 heteroatoms. The van der Waals surface area contributed by atoms with Crippen molar-refractivity contribution < 1.29 is 4.79 Å². The number of amides is 1. The standard InChI is InChI=1S/C14H13N3O/c1-2-8-16-14(18)12-9-15-10-17-13(12)11-6-4-3-5-7-11/h2-7,9-10H,1,8H2,(H,16,18). The second kappa shape index (κ2) is 5.72. The van der Waals surface area contributed by atoms with E-state index in [9.17, 15) is 4.79 Å². The molecule has 0 saturated carbocycles. The number of nitrogens with one attached hydrogen (secondary N) is 1. The lowest BCUT2D eigenvalue weighted by molar-refractivity contribution is 0.0958. The highest BCUT2D eigenvalue weighted by Gasteiger charge is 2.13. The van der Waals surface area contributed by atoms with E-state index in [1.807, 2.05) is 30.3 Å². The maximum atomic E-state index is 12.0. The Balaban J connectivity index is 2.37. The van der Waals surface area contributed by atoms with Gasteiger partial charge in [0.25, 0.3) is 5.91 Å². The van der Waals surface area contributed by atoms with Gasteiger partial charge in [-0.2, -0.15) is 0 Å². The molecule has 90 valence electrons. The minimum Gasteiger partial charge on any atom is -0.348 e. The Hall–Kier alpha value is -2.49. The molecule has 0 unspecified atom stereocenters. The van der Waals surface area contributed by atoms with Crippen LogP contribution in [0.25, 0.3) is 11.3 Å². The van der Waals surface area contributed by atoms with Crippen LogP contribution >= 0.6 is 0 Å². The van der Waals surface area contributed by atoms with Crippen molar-refractivity contribution >= 4 is 5.91 Å². The molecule has 2 rings (SSSR count). The number of hydrogen-bond acceptors (Lipinski definition) is 3. The van der Waals surface area contributed by atoms with Gasteiger partial charge in [-0.05, 0) is 0 Å². The summed E-state index contributed by atoms with van der Waals surface area (Å²) in [5, 5.41) is 2.72. The molecule has 1 aromatic carbocycles. The quantitative estimate of drug-likeness (QED) is 0.831. The van der Waals surface area contributed by atoms with Crippen LogP contribution in [0.5, 0.6) is 0 Å². The van der Waals surface area contributed by atoms with Crippen LogP contribution in [0.2, 0.25) is 0 Å². The van der Waals surface area contributed by atoms with Gasteiger partial charge in [-0.3, -0.25) is 4.79 Å². The first-order chi connectivity index (χ1) is 8.83. The predicted octanol–water partition coefficient (Wildman–Crippen LogP) is 2.06. The molecule has 0 aliphatic heterocycles.